The molecule has 3 aromatic rings. The number of pyridine rings is 1. The van der Waals surface area contributed by atoms with E-state index in [1.54, 1.807) is 24.4 Å². The number of aryl methyl sites for hydroxylation is 1. The number of nitro benzene ring substituents is 1. The van der Waals surface area contributed by atoms with E-state index in [-0.39, 0.29) is 17.3 Å². The molecule has 2 aromatic heterocycles. The second kappa shape index (κ2) is 6.91. The zero-order chi connectivity index (χ0) is 17.8. The standard InChI is InChI=1S/C17H15N5O3/c1-12-4-2-5-13(19-12)11-18-17(23)16-8-9-21(20-16)14-6-3-7-15(10-14)22(24)25/h2-10H,11H2,1H3,(H,18,23). The maximum absolute atomic E-state index is 12.2. The van der Waals surface area contributed by atoms with E-state index >= 15 is 0 Å². The third kappa shape index (κ3) is 3.86. The van der Waals surface area contributed by atoms with Crippen molar-refractivity contribution in [3.05, 3.63) is 81.9 Å². The Morgan fingerprint density at radius 1 is 1.24 bits per heavy atom. The van der Waals surface area contributed by atoms with E-state index in [1.165, 1.54) is 16.8 Å². The second-order valence-electron chi connectivity index (χ2n) is 5.38. The lowest BCUT2D eigenvalue weighted by Gasteiger charge is -2.04. The molecule has 0 radical (unpaired) electrons. The molecule has 0 aliphatic rings. The number of carbonyl (C=O) groups is 1. The molecule has 25 heavy (non-hydrogen) atoms. The maximum Gasteiger partial charge on any atom is 0.272 e. The van der Waals surface area contributed by atoms with Crippen molar-refractivity contribution in [3.8, 4) is 5.69 Å². The van der Waals surface area contributed by atoms with E-state index in [4.69, 9.17) is 0 Å². The van der Waals surface area contributed by atoms with Crippen LogP contribution >= 0.6 is 0 Å². The van der Waals surface area contributed by atoms with E-state index in [0.29, 0.717) is 12.2 Å². The summed E-state index contributed by atoms with van der Waals surface area (Å²) in [6.45, 7) is 2.18. The first kappa shape index (κ1) is 16.3. The average molecular weight is 337 g/mol. The highest BCUT2D eigenvalue weighted by atomic mass is 16.6. The minimum absolute atomic E-state index is 0.0375. The van der Waals surface area contributed by atoms with Gasteiger partial charge in [0, 0.05) is 24.0 Å². The van der Waals surface area contributed by atoms with Gasteiger partial charge in [0.25, 0.3) is 11.6 Å². The lowest BCUT2D eigenvalue weighted by molar-refractivity contribution is -0.384. The number of benzene rings is 1. The van der Waals surface area contributed by atoms with E-state index in [9.17, 15) is 14.9 Å². The Balaban J connectivity index is 1.71. The first-order valence-corrected chi connectivity index (χ1v) is 7.54. The summed E-state index contributed by atoms with van der Waals surface area (Å²) in [5.74, 6) is -0.340. The van der Waals surface area contributed by atoms with E-state index in [0.717, 1.165) is 11.4 Å². The van der Waals surface area contributed by atoms with Crippen LogP contribution in [0.1, 0.15) is 21.9 Å². The smallest absolute Gasteiger partial charge is 0.272 e. The monoisotopic (exact) mass is 337 g/mol. The molecular formula is C17H15N5O3. The van der Waals surface area contributed by atoms with Crippen LogP contribution in [0, 0.1) is 17.0 Å². The number of rotatable bonds is 5. The molecule has 3 rings (SSSR count). The maximum atomic E-state index is 12.2. The molecule has 0 saturated carbocycles. The van der Waals surface area contributed by atoms with Crippen molar-refractivity contribution < 1.29 is 9.72 Å². The summed E-state index contributed by atoms with van der Waals surface area (Å²) < 4.78 is 1.42. The van der Waals surface area contributed by atoms with Crippen molar-refractivity contribution in [2.45, 2.75) is 13.5 Å². The van der Waals surface area contributed by atoms with Gasteiger partial charge in [0.2, 0.25) is 0 Å². The summed E-state index contributed by atoms with van der Waals surface area (Å²) in [5, 5.41) is 17.8. The number of nitrogens with one attached hydrogen (secondary N) is 1. The lowest BCUT2D eigenvalue weighted by atomic mass is 10.3. The van der Waals surface area contributed by atoms with Crippen LogP contribution in [0.15, 0.2) is 54.7 Å². The molecule has 126 valence electrons. The fraction of sp³-hybridized carbons (Fsp3) is 0.118. The Hall–Kier alpha value is -3.55. The van der Waals surface area contributed by atoms with Crippen LogP contribution in [0.3, 0.4) is 0 Å². The molecule has 0 fully saturated rings. The van der Waals surface area contributed by atoms with Crippen LogP contribution in [0.5, 0.6) is 0 Å². The van der Waals surface area contributed by atoms with Crippen molar-refractivity contribution in [1.29, 1.82) is 0 Å². The summed E-state index contributed by atoms with van der Waals surface area (Å²) in [6.07, 6.45) is 1.58. The molecule has 0 aliphatic carbocycles. The molecule has 0 aliphatic heterocycles. The Labute approximate surface area is 143 Å². The Morgan fingerprint density at radius 2 is 2.04 bits per heavy atom. The predicted octanol–water partition coefficient (Wildman–Crippen LogP) is 2.41. The number of carbonyl (C=O) groups excluding carboxylic acids is 1. The number of aromatic nitrogens is 3. The third-order valence-electron chi connectivity index (χ3n) is 3.50. The molecule has 0 unspecified atom stereocenters. The molecule has 1 amide bonds. The zero-order valence-corrected chi connectivity index (χ0v) is 13.4. The van der Waals surface area contributed by atoms with Crippen molar-refractivity contribution >= 4 is 11.6 Å². The Bertz CT molecular complexity index is 935. The van der Waals surface area contributed by atoms with Gasteiger partial charge in [-0.15, -0.1) is 0 Å². The molecule has 8 nitrogen and oxygen atoms in total. The minimum atomic E-state index is -0.477. The Kier molecular flexibility index (Phi) is 4.51. The number of nitrogens with zero attached hydrogens (tertiary/aromatic N) is 4. The van der Waals surface area contributed by atoms with Gasteiger partial charge in [-0.3, -0.25) is 19.9 Å². The Morgan fingerprint density at radius 3 is 2.80 bits per heavy atom. The van der Waals surface area contributed by atoms with Crippen molar-refractivity contribution in [1.82, 2.24) is 20.1 Å². The minimum Gasteiger partial charge on any atom is -0.345 e. The van der Waals surface area contributed by atoms with Crippen molar-refractivity contribution in [2.75, 3.05) is 0 Å². The van der Waals surface area contributed by atoms with E-state index in [1.807, 2.05) is 25.1 Å². The van der Waals surface area contributed by atoms with Gasteiger partial charge >= 0.3 is 0 Å². The van der Waals surface area contributed by atoms with Crippen LogP contribution < -0.4 is 5.32 Å². The summed E-state index contributed by atoms with van der Waals surface area (Å²) in [7, 11) is 0. The van der Waals surface area contributed by atoms with Crippen molar-refractivity contribution in [2.24, 2.45) is 0 Å². The van der Waals surface area contributed by atoms with Crippen LogP contribution in [-0.2, 0) is 6.54 Å². The molecule has 2 heterocycles. The van der Waals surface area contributed by atoms with Gasteiger partial charge in [-0.2, -0.15) is 5.10 Å². The summed E-state index contributed by atoms with van der Waals surface area (Å²) in [4.78, 5) is 26.9. The molecule has 1 N–H and O–H groups in total. The SMILES string of the molecule is Cc1cccc(CNC(=O)c2ccn(-c3cccc([N+](=O)[O-])c3)n2)n1. The molecule has 0 spiro atoms. The van der Waals surface area contributed by atoms with Crippen LogP contribution in [0.2, 0.25) is 0 Å². The third-order valence-corrected chi connectivity index (χ3v) is 3.50. The molecular weight excluding hydrogens is 322 g/mol. The molecule has 0 bridgehead atoms. The number of non-ortho nitro benzene ring substituents is 1. The number of hydrogen-bond donors (Lipinski definition) is 1. The topological polar surface area (TPSA) is 103 Å². The van der Waals surface area contributed by atoms with Crippen LogP contribution in [0.25, 0.3) is 5.69 Å². The molecule has 1 aromatic carbocycles. The van der Waals surface area contributed by atoms with Gasteiger partial charge in [-0.25, -0.2) is 4.68 Å². The normalized spacial score (nSPS) is 10.4. The van der Waals surface area contributed by atoms with Crippen LogP contribution in [-0.4, -0.2) is 25.6 Å². The fourth-order valence-electron chi connectivity index (χ4n) is 2.30. The van der Waals surface area contributed by atoms with Gasteiger partial charge in [-0.05, 0) is 31.2 Å². The van der Waals surface area contributed by atoms with Gasteiger partial charge in [-0.1, -0.05) is 12.1 Å². The highest BCUT2D eigenvalue weighted by molar-refractivity contribution is 5.92. The van der Waals surface area contributed by atoms with Gasteiger partial charge in [0.1, 0.15) is 0 Å². The summed E-state index contributed by atoms with van der Waals surface area (Å²) >= 11 is 0. The second-order valence-corrected chi connectivity index (χ2v) is 5.38. The number of hydrogen-bond acceptors (Lipinski definition) is 5. The largest absolute Gasteiger partial charge is 0.345 e. The summed E-state index contributed by atoms with van der Waals surface area (Å²) in [6, 6.07) is 13.2. The highest BCUT2D eigenvalue weighted by Crippen LogP contribution is 2.16. The average Bonchev–Trinajstić information content (AvgIpc) is 3.10. The zero-order valence-electron chi connectivity index (χ0n) is 13.4. The molecule has 8 heteroatoms. The first-order valence-electron chi connectivity index (χ1n) is 7.54. The fourth-order valence-corrected chi connectivity index (χ4v) is 2.30. The summed E-state index contributed by atoms with van der Waals surface area (Å²) in [5.41, 5.74) is 2.32. The predicted molar refractivity (Wildman–Crippen MR) is 90.4 cm³/mol. The first-order chi connectivity index (χ1) is 12.0. The van der Waals surface area contributed by atoms with E-state index < -0.39 is 4.92 Å². The van der Waals surface area contributed by atoms with Gasteiger partial charge < -0.3 is 5.32 Å². The van der Waals surface area contributed by atoms with Gasteiger partial charge in [0.05, 0.1) is 22.8 Å². The highest BCUT2D eigenvalue weighted by Gasteiger charge is 2.12. The van der Waals surface area contributed by atoms with E-state index in [2.05, 4.69) is 15.4 Å². The number of amides is 1. The van der Waals surface area contributed by atoms with Gasteiger partial charge in [0.15, 0.2) is 5.69 Å². The lowest BCUT2D eigenvalue weighted by Crippen LogP contribution is -2.24. The number of nitro groups is 1. The van der Waals surface area contributed by atoms with Crippen molar-refractivity contribution in [3.63, 3.8) is 0 Å². The van der Waals surface area contributed by atoms with Crippen LogP contribution in [0.4, 0.5) is 5.69 Å². The molecule has 0 saturated heterocycles. The quantitative estimate of drug-likeness (QED) is 0.569. The molecule has 0 atom stereocenters.